The number of nitrogens with zero attached hydrogens (tertiary/aromatic N) is 4. The molecule has 3 rings (SSSR count). The zero-order valence-corrected chi connectivity index (χ0v) is 13.2. The molecule has 1 unspecified atom stereocenters. The number of rotatable bonds is 5. The maximum atomic E-state index is 6.07. The zero-order valence-electron chi connectivity index (χ0n) is 13.2. The van der Waals surface area contributed by atoms with Crippen molar-refractivity contribution in [2.45, 2.75) is 20.0 Å². The van der Waals surface area contributed by atoms with Gasteiger partial charge in [-0.2, -0.15) is 0 Å². The molecule has 1 atom stereocenters. The molecule has 1 aromatic carbocycles. The molecule has 0 fully saturated rings. The lowest BCUT2D eigenvalue weighted by Gasteiger charge is -2.13. The Hall–Kier alpha value is -2.95. The van der Waals surface area contributed by atoms with Crippen LogP contribution in [0.25, 0.3) is 16.6 Å². The first-order chi connectivity index (χ1) is 11.2. The summed E-state index contributed by atoms with van der Waals surface area (Å²) in [5.74, 6) is 0.785. The highest BCUT2D eigenvalue weighted by atomic mass is 16.5. The van der Waals surface area contributed by atoms with Crippen molar-refractivity contribution < 1.29 is 4.74 Å². The third kappa shape index (κ3) is 2.99. The van der Waals surface area contributed by atoms with E-state index in [4.69, 9.17) is 4.74 Å². The van der Waals surface area contributed by atoms with Crippen molar-refractivity contribution in [3.8, 4) is 5.75 Å². The standard InChI is InChI=1S/C18H18N4O/c1-4-14(5-2)22-12-17(20-21-22)13(3)23-18-10-11-19-16-9-7-6-8-15(16)18/h4-13H,1H2,2-3H3. The van der Waals surface area contributed by atoms with Crippen LogP contribution >= 0.6 is 0 Å². The van der Waals surface area contributed by atoms with Crippen LogP contribution in [0.2, 0.25) is 0 Å². The molecule has 0 saturated heterocycles. The molecule has 2 aromatic heterocycles. The van der Waals surface area contributed by atoms with E-state index in [1.54, 1.807) is 17.0 Å². The monoisotopic (exact) mass is 306 g/mol. The van der Waals surface area contributed by atoms with Gasteiger partial charge < -0.3 is 4.74 Å². The lowest BCUT2D eigenvalue weighted by Crippen LogP contribution is -2.04. The molecule has 0 bridgehead atoms. The molecule has 2 heterocycles. The van der Waals surface area contributed by atoms with Crippen LogP contribution in [0.15, 0.2) is 61.5 Å². The minimum atomic E-state index is -0.225. The Morgan fingerprint density at radius 2 is 2.13 bits per heavy atom. The molecule has 5 heteroatoms. The Bertz CT molecular complexity index is 861. The average molecular weight is 306 g/mol. The molecule has 0 N–H and O–H groups in total. The first-order valence-corrected chi connectivity index (χ1v) is 7.44. The number of para-hydroxylation sites is 1. The van der Waals surface area contributed by atoms with E-state index >= 15 is 0 Å². The van der Waals surface area contributed by atoms with Crippen molar-refractivity contribution >= 4 is 16.6 Å². The van der Waals surface area contributed by atoms with Crippen molar-refractivity contribution in [3.05, 3.63) is 67.2 Å². The van der Waals surface area contributed by atoms with Gasteiger partial charge in [0.05, 0.1) is 17.4 Å². The zero-order chi connectivity index (χ0) is 16.2. The SMILES string of the molecule is C=CC(=CC)n1cc(C(C)Oc2ccnc3ccccc23)nn1. The molecule has 0 spiro atoms. The summed E-state index contributed by atoms with van der Waals surface area (Å²) in [6, 6.07) is 9.76. The molecule has 0 amide bonds. The van der Waals surface area contributed by atoms with Gasteiger partial charge in [-0.05, 0) is 38.1 Å². The third-order valence-electron chi connectivity index (χ3n) is 3.61. The van der Waals surface area contributed by atoms with Gasteiger partial charge in [-0.1, -0.05) is 30.0 Å². The van der Waals surface area contributed by atoms with Crippen LogP contribution in [0.1, 0.15) is 25.6 Å². The molecular formula is C18H18N4O. The molecule has 3 aromatic rings. The number of benzene rings is 1. The van der Waals surface area contributed by atoms with Crippen LogP contribution in [0, 0.1) is 0 Å². The van der Waals surface area contributed by atoms with Gasteiger partial charge in [0, 0.05) is 11.6 Å². The van der Waals surface area contributed by atoms with E-state index < -0.39 is 0 Å². The second-order valence-corrected chi connectivity index (χ2v) is 5.09. The third-order valence-corrected chi connectivity index (χ3v) is 3.61. The highest BCUT2D eigenvalue weighted by molar-refractivity contribution is 5.84. The molecule has 0 aliphatic rings. The van der Waals surface area contributed by atoms with Gasteiger partial charge in [0.1, 0.15) is 17.5 Å². The maximum absolute atomic E-state index is 6.07. The summed E-state index contributed by atoms with van der Waals surface area (Å²) in [4.78, 5) is 4.34. The lowest BCUT2D eigenvalue weighted by molar-refractivity contribution is 0.224. The summed E-state index contributed by atoms with van der Waals surface area (Å²) >= 11 is 0. The topological polar surface area (TPSA) is 52.8 Å². The molecule has 23 heavy (non-hydrogen) atoms. The lowest BCUT2D eigenvalue weighted by atomic mass is 10.2. The Morgan fingerprint density at radius 3 is 2.91 bits per heavy atom. The molecule has 0 aliphatic carbocycles. The van der Waals surface area contributed by atoms with Crippen LogP contribution in [0.3, 0.4) is 0 Å². The Balaban J connectivity index is 1.86. The largest absolute Gasteiger partial charge is 0.484 e. The molecule has 116 valence electrons. The van der Waals surface area contributed by atoms with Crippen molar-refractivity contribution in [1.29, 1.82) is 0 Å². The summed E-state index contributed by atoms with van der Waals surface area (Å²) in [5, 5.41) is 9.29. The number of fused-ring (bicyclic) bond motifs is 1. The number of hydrogen-bond donors (Lipinski definition) is 0. The van der Waals surface area contributed by atoms with Crippen LogP contribution in [-0.2, 0) is 0 Å². The fraction of sp³-hybridized carbons (Fsp3) is 0.167. The van der Waals surface area contributed by atoms with Crippen LogP contribution in [0.4, 0.5) is 0 Å². The molecule has 0 radical (unpaired) electrons. The van der Waals surface area contributed by atoms with Crippen LogP contribution < -0.4 is 4.74 Å². The molecule has 0 saturated carbocycles. The maximum Gasteiger partial charge on any atom is 0.141 e. The van der Waals surface area contributed by atoms with E-state index in [9.17, 15) is 0 Å². The smallest absolute Gasteiger partial charge is 0.141 e. The number of ether oxygens (including phenoxy) is 1. The minimum Gasteiger partial charge on any atom is -0.484 e. The van der Waals surface area contributed by atoms with E-state index in [0.717, 1.165) is 28.0 Å². The van der Waals surface area contributed by atoms with Gasteiger partial charge in [-0.15, -0.1) is 5.10 Å². The second kappa shape index (κ2) is 6.44. The van der Waals surface area contributed by atoms with Gasteiger partial charge in [0.15, 0.2) is 0 Å². The van der Waals surface area contributed by atoms with Gasteiger partial charge >= 0.3 is 0 Å². The second-order valence-electron chi connectivity index (χ2n) is 5.09. The predicted octanol–water partition coefficient (Wildman–Crippen LogP) is 4.01. The first kappa shape index (κ1) is 15.0. The van der Waals surface area contributed by atoms with E-state index in [-0.39, 0.29) is 6.10 Å². The summed E-state index contributed by atoms with van der Waals surface area (Å²) in [6.07, 6.45) is 7.04. The normalized spacial score (nSPS) is 13.0. The van der Waals surface area contributed by atoms with Crippen molar-refractivity contribution in [3.63, 3.8) is 0 Å². The summed E-state index contributed by atoms with van der Waals surface area (Å²) in [6.45, 7) is 7.65. The number of hydrogen-bond acceptors (Lipinski definition) is 4. The van der Waals surface area contributed by atoms with Crippen LogP contribution in [0.5, 0.6) is 5.75 Å². The van der Waals surface area contributed by atoms with Crippen LogP contribution in [-0.4, -0.2) is 20.0 Å². The Morgan fingerprint density at radius 1 is 1.30 bits per heavy atom. The van der Waals surface area contributed by atoms with Gasteiger partial charge in [-0.25, -0.2) is 4.68 Å². The Labute approximate surface area is 134 Å². The first-order valence-electron chi connectivity index (χ1n) is 7.44. The highest BCUT2D eigenvalue weighted by Crippen LogP contribution is 2.27. The number of aromatic nitrogens is 4. The summed E-state index contributed by atoms with van der Waals surface area (Å²) in [7, 11) is 0. The van der Waals surface area contributed by atoms with Gasteiger partial charge in [-0.3, -0.25) is 4.98 Å². The quantitative estimate of drug-likeness (QED) is 0.668. The summed E-state index contributed by atoms with van der Waals surface area (Å²) in [5.41, 5.74) is 2.54. The number of pyridine rings is 1. The number of allylic oxidation sites excluding steroid dienone is 3. The predicted molar refractivity (Wildman–Crippen MR) is 91.0 cm³/mol. The van der Waals surface area contributed by atoms with E-state index in [1.807, 2.05) is 56.5 Å². The van der Waals surface area contributed by atoms with E-state index in [2.05, 4.69) is 21.9 Å². The van der Waals surface area contributed by atoms with Crippen molar-refractivity contribution in [2.24, 2.45) is 0 Å². The highest BCUT2D eigenvalue weighted by Gasteiger charge is 2.14. The summed E-state index contributed by atoms with van der Waals surface area (Å²) < 4.78 is 7.76. The fourth-order valence-corrected chi connectivity index (χ4v) is 2.36. The van der Waals surface area contributed by atoms with E-state index in [1.165, 1.54) is 0 Å². The molecule has 0 aliphatic heterocycles. The van der Waals surface area contributed by atoms with Crippen molar-refractivity contribution in [2.75, 3.05) is 0 Å². The minimum absolute atomic E-state index is 0.225. The average Bonchev–Trinajstić information content (AvgIpc) is 3.06. The molecular weight excluding hydrogens is 288 g/mol. The fourth-order valence-electron chi connectivity index (χ4n) is 2.36. The molecule has 5 nitrogen and oxygen atoms in total. The van der Waals surface area contributed by atoms with Crippen molar-refractivity contribution in [1.82, 2.24) is 20.0 Å². The van der Waals surface area contributed by atoms with E-state index in [0.29, 0.717) is 0 Å². The Kier molecular flexibility index (Phi) is 4.19. The van der Waals surface area contributed by atoms with Gasteiger partial charge in [0.2, 0.25) is 0 Å². The van der Waals surface area contributed by atoms with Gasteiger partial charge in [0.25, 0.3) is 0 Å².